The second-order valence-electron chi connectivity index (χ2n) is 3.63. The number of carbonyl (C=O) groups excluding carboxylic acids is 2. The summed E-state index contributed by atoms with van der Waals surface area (Å²) >= 11 is 0. The molecule has 0 saturated carbocycles. The molecule has 6 N–H and O–H groups in total. The van der Waals surface area contributed by atoms with Crippen LogP contribution in [0.4, 0.5) is 21.5 Å². The minimum atomic E-state index is -0.621. The Morgan fingerprint density at radius 2 is 1.48 bits per heavy atom. The monoisotopic (exact) mass is 296 g/mol. The molecule has 0 aliphatic heterocycles. The smallest absolute Gasteiger partial charge is 0.318 e. The first-order chi connectivity index (χ1) is 10.2. The maximum atomic E-state index is 11.6. The minimum absolute atomic E-state index is 0.0126. The number of aromatic nitrogens is 8. The van der Waals surface area contributed by atoms with Gasteiger partial charge in [-0.05, 0) is 16.8 Å². The van der Waals surface area contributed by atoms with Crippen LogP contribution in [0, 0.1) is 0 Å². The van der Waals surface area contributed by atoms with Crippen molar-refractivity contribution in [3.05, 3.63) is 0 Å². The largest absolute Gasteiger partial charge is 0.323 e. The quantitative estimate of drug-likeness (QED) is 0.355. The van der Waals surface area contributed by atoms with E-state index in [0.717, 1.165) is 0 Å². The molecule has 0 aromatic carbocycles. The van der Waals surface area contributed by atoms with Gasteiger partial charge in [-0.3, -0.25) is 10.6 Å². The molecule has 0 bridgehead atoms. The summed E-state index contributed by atoms with van der Waals surface area (Å²) in [5.41, 5.74) is 0. The minimum Gasteiger partial charge on any atom is -0.318 e. The van der Waals surface area contributed by atoms with E-state index in [1.54, 1.807) is 6.92 Å². The molecule has 21 heavy (non-hydrogen) atoms. The molecule has 0 aliphatic rings. The molecule has 0 saturated heterocycles. The van der Waals surface area contributed by atoms with E-state index >= 15 is 0 Å². The number of rotatable bonds is 5. The van der Waals surface area contributed by atoms with Gasteiger partial charge in [0, 0.05) is 0 Å². The molecule has 0 spiro atoms. The topological polar surface area (TPSA) is 191 Å². The average molecular weight is 296 g/mol. The van der Waals surface area contributed by atoms with E-state index in [9.17, 15) is 9.59 Å². The highest BCUT2D eigenvalue weighted by Gasteiger charge is 2.15. The van der Waals surface area contributed by atoms with Gasteiger partial charge in [0.15, 0.2) is 0 Å². The molecule has 14 nitrogen and oxygen atoms in total. The van der Waals surface area contributed by atoms with Crippen LogP contribution in [0.15, 0.2) is 0 Å². The van der Waals surface area contributed by atoms with Crippen molar-refractivity contribution >= 4 is 24.0 Å². The van der Waals surface area contributed by atoms with Gasteiger partial charge in [-0.15, -0.1) is 10.2 Å². The molecule has 2 aromatic heterocycles. The van der Waals surface area contributed by atoms with Crippen molar-refractivity contribution in [1.29, 1.82) is 0 Å². The maximum Gasteiger partial charge on any atom is 0.323 e. The van der Waals surface area contributed by atoms with Gasteiger partial charge >= 0.3 is 12.1 Å². The number of nitrogens with one attached hydrogen (secondary N) is 6. The first kappa shape index (κ1) is 14.1. The number of tetrazole rings is 2. The number of urea groups is 2. The number of anilines is 2. The third-order valence-electron chi connectivity index (χ3n) is 2.16. The number of hydrogen-bond acceptors (Lipinski definition) is 8. The molecule has 2 heterocycles. The zero-order valence-electron chi connectivity index (χ0n) is 10.8. The molecule has 2 aromatic rings. The normalized spacial score (nSPS) is 10.2. The molecule has 0 aliphatic carbocycles. The third-order valence-corrected chi connectivity index (χ3v) is 2.16. The zero-order chi connectivity index (χ0) is 15.1. The van der Waals surface area contributed by atoms with E-state index in [1.165, 1.54) is 0 Å². The fraction of sp³-hybridized carbons (Fsp3) is 0.429. The Hall–Kier alpha value is -3.32. The molecule has 2 rings (SSSR count). The van der Waals surface area contributed by atoms with Crippen molar-refractivity contribution in [3.63, 3.8) is 0 Å². The van der Waals surface area contributed by atoms with Crippen molar-refractivity contribution < 1.29 is 9.59 Å². The van der Waals surface area contributed by atoms with Crippen molar-refractivity contribution in [3.8, 4) is 0 Å². The van der Waals surface area contributed by atoms with E-state index in [2.05, 4.69) is 62.5 Å². The van der Waals surface area contributed by atoms with E-state index in [0.29, 0.717) is 6.42 Å². The standard InChI is InChI=1S/C7H12N12O2/c1-2-3(8-6(20)10-4-12-16-17-13-4)9-7(21)11-5-14-18-19-15-5/h3H,2H2,1H3,(H3,8,10,12,13,16,17,20)(H3,9,11,14,15,18,19,21). The molecule has 0 fully saturated rings. The Morgan fingerprint density at radius 1 is 1.00 bits per heavy atom. The summed E-state index contributed by atoms with van der Waals surface area (Å²) in [7, 11) is 0. The molecule has 0 radical (unpaired) electrons. The van der Waals surface area contributed by atoms with Gasteiger partial charge < -0.3 is 10.6 Å². The molecule has 0 atom stereocenters. The lowest BCUT2D eigenvalue weighted by atomic mass is 10.4. The number of amides is 4. The number of H-pyrrole nitrogens is 2. The summed E-state index contributed by atoms with van der Waals surface area (Å²) in [6.45, 7) is 1.77. The fourth-order valence-corrected chi connectivity index (χ4v) is 1.26. The van der Waals surface area contributed by atoms with Crippen molar-refractivity contribution in [2.75, 3.05) is 10.6 Å². The number of carbonyl (C=O) groups is 2. The van der Waals surface area contributed by atoms with E-state index in [4.69, 9.17) is 0 Å². The first-order valence-electron chi connectivity index (χ1n) is 5.79. The zero-order valence-corrected chi connectivity index (χ0v) is 10.8. The molecule has 4 amide bonds. The summed E-state index contributed by atoms with van der Waals surface area (Å²) in [6.07, 6.45) is -0.178. The summed E-state index contributed by atoms with van der Waals surface area (Å²) < 4.78 is 0. The van der Waals surface area contributed by atoms with Crippen LogP contribution in [-0.4, -0.2) is 59.5 Å². The van der Waals surface area contributed by atoms with Crippen molar-refractivity contribution in [2.45, 2.75) is 19.5 Å². The Balaban J connectivity index is 1.79. The van der Waals surface area contributed by atoms with E-state index < -0.39 is 18.2 Å². The third kappa shape index (κ3) is 4.37. The highest BCUT2D eigenvalue weighted by atomic mass is 16.2. The van der Waals surface area contributed by atoms with Gasteiger partial charge in [0.05, 0.1) is 0 Å². The van der Waals surface area contributed by atoms with Gasteiger partial charge in [0.25, 0.3) is 11.9 Å². The highest BCUT2D eigenvalue weighted by molar-refractivity contribution is 5.89. The second-order valence-corrected chi connectivity index (χ2v) is 3.63. The highest BCUT2D eigenvalue weighted by Crippen LogP contribution is 1.94. The molecule has 14 heteroatoms. The Kier molecular flexibility index (Phi) is 4.52. The summed E-state index contributed by atoms with van der Waals surface area (Å²) in [5.74, 6) is 0.0252. The Morgan fingerprint density at radius 3 is 1.81 bits per heavy atom. The maximum absolute atomic E-state index is 11.6. The predicted molar refractivity (Wildman–Crippen MR) is 66.7 cm³/mol. The Bertz CT molecular complexity index is 514. The van der Waals surface area contributed by atoms with Crippen LogP contribution in [-0.2, 0) is 0 Å². The van der Waals surface area contributed by atoms with Crippen molar-refractivity contribution in [2.24, 2.45) is 0 Å². The van der Waals surface area contributed by atoms with Gasteiger partial charge in [0.1, 0.15) is 6.17 Å². The fourth-order valence-electron chi connectivity index (χ4n) is 1.26. The van der Waals surface area contributed by atoms with Crippen LogP contribution in [0.3, 0.4) is 0 Å². The van der Waals surface area contributed by atoms with E-state index in [-0.39, 0.29) is 11.9 Å². The predicted octanol–water partition coefficient (Wildman–Crippen LogP) is -1.61. The first-order valence-corrected chi connectivity index (χ1v) is 5.79. The van der Waals surface area contributed by atoms with Gasteiger partial charge in [-0.1, -0.05) is 17.1 Å². The van der Waals surface area contributed by atoms with Gasteiger partial charge in [0.2, 0.25) is 0 Å². The lowest BCUT2D eigenvalue weighted by Gasteiger charge is -2.18. The number of nitrogens with zero attached hydrogens (tertiary/aromatic N) is 6. The van der Waals surface area contributed by atoms with Crippen LogP contribution in [0.25, 0.3) is 0 Å². The van der Waals surface area contributed by atoms with Gasteiger partial charge in [-0.2, -0.15) is 10.4 Å². The SMILES string of the molecule is CCC(NC(=O)Nc1nn[nH]n1)NC(=O)Nc1nn[nH]n1. The van der Waals surface area contributed by atoms with Crippen molar-refractivity contribution in [1.82, 2.24) is 51.9 Å². The van der Waals surface area contributed by atoms with Crippen LogP contribution >= 0.6 is 0 Å². The van der Waals surface area contributed by atoms with Crippen LogP contribution in [0.5, 0.6) is 0 Å². The van der Waals surface area contributed by atoms with Gasteiger partial charge in [-0.25, -0.2) is 9.59 Å². The molecule has 112 valence electrons. The lowest BCUT2D eigenvalue weighted by molar-refractivity contribution is 0.237. The second kappa shape index (κ2) is 6.73. The number of aromatic amines is 2. The van der Waals surface area contributed by atoms with Crippen LogP contribution in [0.2, 0.25) is 0 Å². The van der Waals surface area contributed by atoms with E-state index in [1.807, 2.05) is 0 Å². The Labute approximate surface area is 116 Å². The summed E-state index contributed by atoms with van der Waals surface area (Å²) in [4.78, 5) is 23.2. The average Bonchev–Trinajstić information content (AvgIpc) is 3.11. The number of hydrogen-bond donors (Lipinski definition) is 6. The molecular formula is C7H12N12O2. The van der Waals surface area contributed by atoms with Crippen LogP contribution < -0.4 is 21.3 Å². The summed E-state index contributed by atoms with van der Waals surface area (Å²) in [6, 6.07) is -1.19. The molecule has 0 unspecified atom stereocenters. The molecular weight excluding hydrogens is 284 g/mol. The van der Waals surface area contributed by atoms with Crippen LogP contribution in [0.1, 0.15) is 13.3 Å². The summed E-state index contributed by atoms with van der Waals surface area (Å²) in [5, 5.41) is 34.8. The lowest BCUT2D eigenvalue weighted by Crippen LogP contribution is -2.50.